The van der Waals surface area contributed by atoms with Crippen molar-refractivity contribution in [3.05, 3.63) is 32.6 Å². The Kier molecular flexibility index (Phi) is 4.62. The molecule has 4 N–H and O–H groups in total. The molecule has 9 nitrogen and oxygen atoms in total. The third-order valence-corrected chi connectivity index (χ3v) is 3.78. The first-order valence-corrected chi connectivity index (χ1v) is 7.38. The first-order chi connectivity index (χ1) is 9.70. The Morgan fingerprint density at radius 2 is 2.24 bits per heavy atom. The van der Waals surface area contributed by atoms with Crippen LogP contribution in [0.1, 0.15) is 25.1 Å². The van der Waals surface area contributed by atoms with Gasteiger partial charge in [-0.15, -0.1) is 0 Å². The van der Waals surface area contributed by atoms with Crippen molar-refractivity contribution in [3.63, 3.8) is 0 Å². The number of rotatable bonds is 4. The summed E-state index contributed by atoms with van der Waals surface area (Å²) in [6, 6.07) is 0. The molecule has 2 heterocycles. The molecule has 1 fully saturated rings. The zero-order chi connectivity index (χ0) is 15.8. The summed E-state index contributed by atoms with van der Waals surface area (Å²) in [4.78, 5) is 42.8. The van der Waals surface area contributed by atoms with E-state index in [1.165, 1.54) is 17.7 Å². The molecule has 0 aromatic carbocycles. The Labute approximate surface area is 120 Å². The first kappa shape index (κ1) is 16.3. The van der Waals surface area contributed by atoms with Crippen LogP contribution in [0.3, 0.4) is 0 Å². The zero-order valence-electron chi connectivity index (χ0n) is 11.5. The van der Waals surface area contributed by atoms with Crippen molar-refractivity contribution in [2.24, 2.45) is 0 Å². The largest absolute Gasteiger partial charge is 0.387 e. The van der Waals surface area contributed by atoms with Gasteiger partial charge in [0, 0.05) is 18.2 Å². The highest BCUT2D eigenvalue weighted by molar-refractivity contribution is 7.39. The van der Waals surface area contributed by atoms with Gasteiger partial charge in [0.2, 0.25) is 0 Å². The summed E-state index contributed by atoms with van der Waals surface area (Å²) in [5.41, 5.74) is -2.09. The topological polar surface area (TPSA) is 134 Å². The van der Waals surface area contributed by atoms with E-state index in [4.69, 9.17) is 14.5 Å². The Balaban J connectivity index is 2.22. The van der Waals surface area contributed by atoms with Gasteiger partial charge in [-0.1, -0.05) is 0 Å². The first-order valence-electron chi connectivity index (χ1n) is 6.21. The molecule has 1 aromatic rings. The minimum Gasteiger partial charge on any atom is -0.387 e. The molecular weight excluding hydrogens is 303 g/mol. The van der Waals surface area contributed by atoms with E-state index in [1.807, 2.05) is 0 Å². The van der Waals surface area contributed by atoms with Gasteiger partial charge in [-0.05, 0) is 13.8 Å². The van der Waals surface area contributed by atoms with Crippen LogP contribution in [-0.4, -0.2) is 42.8 Å². The summed E-state index contributed by atoms with van der Waals surface area (Å²) >= 11 is 0. The van der Waals surface area contributed by atoms with Crippen LogP contribution >= 0.6 is 8.60 Å². The predicted molar refractivity (Wildman–Crippen MR) is 72.5 cm³/mol. The molecule has 2 rings (SSSR count). The molecule has 1 aromatic heterocycles. The normalized spacial score (nSPS) is 29.2. The van der Waals surface area contributed by atoms with Crippen molar-refractivity contribution in [3.8, 4) is 0 Å². The molecule has 3 atom stereocenters. The lowest BCUT2D eigenvalue weighted by atomic mass is 9.98. The van der Waals surface area contributed by atoms with Gasteiger partial charge in [-0.2, -0.15) is 0 Å². The van der Waals surface area contributed by atoms with Gasteiger partial charge < -0.3 is 24.2 Å². The Morgan fingerprint density at radius 1 is 1.57 bits per heavy atom. The highest BCUT2D eigenvalue weighted by atomic mass is 31.2. The van der Waals surface area contributed by atoms with Crippen LogP contribution in [0.2, 0.25) is 0 Å². The fraction of sp³-hybridized carbons (Fsp3) is 0.636. The van der Waals surface area contributed by atoms with Gasteiger partial charge in [0.05, 0.1) is 12.2 Å². The van der Waals surface area contributed by atoms with Crippen LogP contribution in [-0.2, 0) is 9.26 Å². The predicted octanol–water partition coefficient (Wildman–Crippen LogP) is -0.888. The zero-order valence-corrected chi connectivity index (χ0v) is 12.4. The number of hydrogen-bond acceptors (Lipinski definition) is 7. The second-order valence-electron chi connectivity index (χ2n) is 5.17. The van der Waals surface area contributed by atoms with E-state index in [0.717, 1.165) is 0 Å². The summed E-state index contributed by atoms with van der Waals surface area (Å²) in [6.07, 6.45) is -0.150. The van der Waals surface area contributed by atoms with Crippen molar-refractivity contribution < 1.29 is 24.2 Å². The molecule has 0 radical (unpaired) electrons. The van der Waals surface area contributed by atoms with E-state index in [1.54, 1.807) is 6.92 Å². The number of aromatic nitrogens is 2. The monoisotopic (exact) mass is 320 g/mol. The fourth-order valence-corrected chi connectivity index (χ4v) is 2.46. The molecule has 0 amide bonds. The van der Waals surface area contributed by atoms with Crippen LogP contribution < -0.4 is 11.2 Å². The minimum atomic E-state index is -2.55. The van der Waals surface area contributed by atoms with E-state index in [-0.39, 0.29) is 13.0 Å². The van der Waals surface area contributed by atoms with E-state index in [0.29, 0.717) is 5.56 Å². The van der Waals surface area contributed by atoms with Crippen LogP contribution in [0.25, 0.3) is 0 Å². The Bertz CT molecular complexity index is 624. The van der Waals surface area contributed by atoms with Crippen molar-refractivity contribution in [1.82, 2.24) is 9.55 Å². The number of aromatic amines is 1. The Morgan fingerprint density at radius 3 is 2.86 bits per heavy atom. The molecule has 1 aliphatic rings. The number of hydrogen-bond donors (Lipinski definition) is 4. The fourth-order valence-electron chi connectivity index (χ4n) is 2.19. The number of ether oxygens (including phenoxy) is 1. The molecule has 118 valence electrons. The molecular formula is C11H17N2O7P. The summed E-state index contributed by atoms with van der Waals surface area (Å²) in [6.45, 7) is 2.83. The quantitative estimate of drug-likeness (QED) is 0.529. The van der Waals surface area contributed by atoms with Crippen LogP contribution in [0.5, 0.6) is 0 Å². The number of aryl methyl sites for hydroxylation is 1. The van der Waals surface area contributed by atoms with Crippen LogP contribution in [0, 0.1) is 6.92 Å². The third kappa shape index (κ3) is 3.57. The molecule has 0 unspecified atom stereocenters. The number of H-pyrrole nitrogens is 1. The SMILES string of the molecule is Cc1cn([C@H]2C[C@](C)(O)[C@@H](COP(O)O)O2)c(=O)[nH]c1=O. The lowest BCUT2D eigenvalue weighted by Crippen LogP contribution is -2.37. The number of nitrogens with zero attached hydrogens (tertiary/aromatic N) is 1. The van der Waals surface area contributed by atoms with Crippen molar-refractivity contribution >= 4 is 8.60 Å². The smallest absolute Gasteiger partial charge is 0.330 e. The van der Waals surface area contributed by atoms with Gasteiger partial charge in [0.25, 0.3) is 5.56 Å². The lowest BCUT2D eigenvalue weighted by Gasteiger charge is -2.22. The second kappa shape index (κ2) is 5.96. The number of nitrogens with one attached hydrogen (secondary N) is 1. The van der Waals surface area contributed by atoms with Crippen molar-refractivity contribution in [2.45, 2.75) is 38.2 Å². The molecule has 1 aliphatic heterocycles. The van der Waals surface area contributed by atoms with Gasteiger partial charge in [0.1, 0.15) is 12.3 Å². The minimum absolute atomic E-state index is 0.0984. The summed E-state index contributed by atoms with van der Waals surface area (Å²) < 4.78 is 11.4. The molecule has 0 spiro atoms. The summed E-state index contributed by atoms with van der Waals surface area (Å²) in [5, 5.41) is 10.3. The third-order valence-electron chi connectivity index (χ3n) is 3.40. The number of aliphatic hydroxyl groups is 1. The van der Waals surface area contributed by atoms with Gasteiger partial charge >= 0.3 is 14.3 Å². The van der Waals surface area contributed by atoms with Gasteiger partial charge in [0.15, 0.2) is 0 Å². The van der Waals surface area contributed by atoms with Gasteiger partial charge in [-0.3, -0.25) is 14.3 Å². The summed E-state index contributed by atoms with van der Waals surface area (Å²) in [5.74, 6) is 0. The summed E-state index contributed by atoms with van der Waals surface area (Å²) in [7, 11) is -2.55. The van der Waals surface area contributed by atoms with E-state index < -0.39 is 37.8 Å². The molecule has 0 bridgehead atoms. The lowest BCUT2D eigenvalue weighted by molar-refractivity contribution is -0.0719. The maximum Gasteiger partial charge on any atom is 0.330 e. The average Bonchev–Trinajstić information content (AvgIpc) is 2.66. The molecule has 21 heavy (non-hydrogen) atoms. The standard InChI is InChI=1S/C11H17N2O7P/c1-6-4-13(10(15)12-9(6)14)8-3-11(2,16)7(20-8)5-19-21(17)18/h4,7-8,16-18H,3,5H2,1-2H3,(H,12,14,15)/t7-,8-,11+/m1/s1. The van der Waals surface area contributed by atoms with E-state index in [2.05, 4.69) is 9.51 Å². The molecule has 1 saturated heterocycles. The second-order valence-corrected chi connectivity index (χ2v) is 5.93. The maximum atomic E-state index is 11.8. The van der Waals surface area contributed by atoms with E-state index in [9.17, 15) is 14.7 Å². The van der Waals surface area contributed by atoms with Crippen molar-refractivity contribution in [2.75, 3.05) is 6.61 Å². The van der Waals surface area contributed by atoms with Crippen LogP contribution in [0.4, 0.5) is 0 Å². The Hall–Kier alpha value is -1.09. The molecule has 0 aliphatic carbocycles. The highest BCUT2D eigenvalue weighted by Gasteiger charge is 2.45. The molecule has 10 heteroatoms. The van der Waals surface area contributed by atoms with Crippen molar-refractivity contribution in [1.29, 1.82) is 0 Å². The van der Waals surface area contributed by atoms with Gasteiger partial charge in [-0.25, -0.2) is 4.79 Å². The van der Waals surface area contributed by atoms with Crippen LogP contribution in [0.15, 0.2) is 15.8 Å². The van der Waals surface area contributed by atoms with E-state index >= 15 is 0 Å². The highest BCUT2D eigenvalue weighted by Crippen LogP contribution is 2.37. The maximum absolute atomic E-state index is 11.8. The molecule has 0 saturated carbocycles. The average molecular weight is 320 g/mol.